The molecule has 0 bridgehead atoms. The zero-order valence-electron chi connectivity index (χ0n) is 11.2. The molecule has 0 aliphatic rings. The standard InChI is InChI=1S/C16H18ClNS/c1-12(14-6-8-16(19-2)9-7-14)18-11-13-4-3-5-15(17)10-13/h3-10,12,18H,11H2,1-2H3. The van der Waals surface area contributed by atoms with Gasteiger partial charge in [0.1, 0.15) is 0 Å². The van der Waals surface area contributed by atoms with Crippen LogP contribution in [0.25, 0.3) is 0 Å². The Hall–Kier alpha value is -0.960. The van der Waals surface area contributed by atoms with Gasteiger partial charge in [0.05, 0.1) is 0 Å². The van der Waals surface area contributed by atoms with Crippen LogP contribution in [0.2, 0.25) is 5.02 Å². The van der Waals surface area contributed by atoms with E-state index in [1.807, 2.05) is 18.2 Å². The summed E-state index contributed by atoms with van der Waals surface area (Å²) in [5.41, 5.74) is 2.51. The van der Waals surface area contributed by atoms with Crippen LogP contribution in [0.1, 0.15) is 24.1 Å². The topological polar surface area (TPSA) is 12.0 Å². The van der Waals surface area contributed by atoms with E-state index in [4.69, 9.17) is 11.6 Å². The molecule has 2 aromatic carbocycles. The second-order valence-corrected chi connectivity index (χ2v) is 5.82. The summed E-state index contributed by atoms with van der Waals surface area (Å²) in [6.45, 7) is 3.00. The molecule has 2 aromatic rings. The van der Waals surface area contributed by atoms with Gasteiger partial charge in [-0.2, -0.15) is 0 Å². The van der Waals surface area contributed by atoms with Crippen molar-refractivity contribution in [3.8, 4) is 0 Å². The summed E-state index contributed by atoms with van der Waals surface area (Å²) in [4.78, 5) is 1.30. The molecule has 0 aromatic heterocycles. The highest BCUT2D eigenvalue weighted by atomic mass is 35.5. The number of rotatable bonds is 5. The summed E-state index contributed by atoms with van der Waals surface area (Å²) >= 11 is 7.75. The number of hydrogen-bond donors (Lipinski definition) is 1. The molecule has 1 N–H and O–H groups in total. The highest BCUT2D eigenvalue weighted by Crippen LogP contribution is 2.19. The van der Waals surface area contributed by atoms with Crippen molar-refractivity contribution >= 4 is 23.4 Å². The molecular formula is C16H18ClNS. The van der Waals surface area contributed by atoms with E-state index in [2.05, 4.69) is 48.8 Å². The Morgan fingerprint density at radius 3 is 2.53 bits per heavy atom. The Labute approximate surface area is 124 Å². The smallest absolute Gasteiger partial charge is 0.0409 e. The Kier molecular flexibility index (Phi) is 5.32. The maximum Gasteiger partial charge on any atom is 0.0409 e. The quantitative estimate of drug-likeness (QED) is 0.785. The summed E-state index contributed by atoms with van der Waals surface area (Å²) in [6.07, 6.45) is 2.09. The first-order valence-electron chi connectivity index (χ1n) is 6.31. The number of hydrogen-bond acceptors (Lipinski definition) is 2. The molecule has 0 spiro atoms. The highest BCUT2D eigenvalue weighted by molar-refractivity contribution is 7.98. The van der Waals surface area contributed by atoms with Crippen molar-refractivity contribution in [3.05, 3.63) is 64.7 Å². The van der Waals surface area contributed by atoms with Crippen molar-refractivity contribution in [3.63, 3.8) is 0 Å². The highest BCUT2D eigenvalue weighted by Gasteiger charge is 2.04. The molecule has 1 nitrogen and oxygen atoms in total. The average molecular weight is 292 g/mol. The average Bonchev–Trinajstić information content (AvgIpc) is 2.45. The first-order chi connectivity index (χ1) is 9.19. The predicted molar refractivity (Wildman–Crippen MR) is 84.9 cm³/mol. The summed E-state index contributed by atoms with van der Waals surface area (Å²) in [6, 6.07) is 17.0. The maximum atomic E-state index is 5.98. The molecule has 1 unspecified atom stereocenters. The van der Waals surface area contributed by atoms with Gasteiger partial charge in [0.25, 0.3) is 0 Å². The van der Waals surface area contributed by atoms with Crippen LogP contribution in [0, 0.1) is 0 Å². The van der Waals surface area contributed by atoms with Crippen molar-refractivity contribution in [1.82, 2.24) is 5.32 Å². The number of halogens is 1. The van der Waals surface area contributed by atoms with Gasteiger partial charge in [0, 0.05) is 22.5 Å². The van der Waals surface area contributed by atoms with Crippen LogP contribution in [0.5, 0.6) is 0 Å². The van der Waals surface area contributed by atoms with Gasteiger partial charge in [-0.1, -0.05) is 35.9 Å². The van der Waals surface area contributed by atoms with Crippen LogP contribution in [-0.2, 0) is 6.54 Å². The second kappa shape index (κ2) is 6.99. The normalized spacial score (nSPS) is 12.4. The van der Waals surface area contributed by atoms with E-state index in [1.165, 1.54) is 16.0 Å². The fourth-order valence-electron chi connectivity index (χ4n) is 1.93. The molecule has 0 fully saturated rings. The molecule has 100 valence electrons. The Bertz CT molecular complexity index is 525. The fraction of sp³-hybridized carbons (Fsp3) is 0.250. The third-order valence-electron chi connectivity index (χ3n) is 3.12. The molecule has 2 rings (SSSR count). The van der Waals surface area contributed by atoms with Gasteiger partial charge >= 0.3 is 0 Å². The van der Waals surface area contributed by atoms with Crippen molar-refractivity contribution in [2.24, 2.45) is 0 Å². The molecule has 0 saturated heterocycles. The number of thioether (sulfide) groups is 1. The zero-order chi connectivity index (χ0) is 13.7. The monoisotopic (exact) mass is 291 g/mol. The van der Waals surface area contributed by atoms with Crippen LogP contribution in [0.3, 0.4) is 0 Å². The molecular weight excluding hydrogens is 274 g/mol. The van der Waals surface area contributed by atoms with E-state index in [1.54, 1.807) is 11.8 Å². The minimum Gasteiger partial charge on any atom is -0.306 e. The van der Waals surface area contributed by atoms with Gasteiger partial charge in [-0.25, -0.2) is 0 Å². The fourth-order valence-corrected chi connectivity index (χ4v) is 2.55. The molecule has 0 amide bonds. The Balaban J connectivity index is 1.95. The van der Waals surface area contributed by atoms with E-state index in [0.717, 1.165) is 11.6 Å². The van der Waals surface area contributed by atoms with Crippen molar-refractivity contribution in [2.75, 3.05) is 6.26 Å². The first-order valence-corrected chi connectivity index (χ1v) is 7.91. The second-order valence-electron chi connectivity index (χ2n) is 4.51. The third kappa shape index (κ3) is 4.27. The lowest BCUT2D eigenvalue weighted by molar-refractivity contribution is 0.574. The van der Waals surface area contributed by atoms with E-state index >= 15 is 0 Å². The largest absolute Gasteiger partial charge is 0.306 e. The molecule has 0 aliphatic carbocycles. The van der Waals surface area contributed by atoms with Gasteiger partial charge in [-0.3, -0.25) is 0 Å². The van der Waals surface area contributed by atoms with Crippen molar-refractivity contribution in [1.29, 1.82) is 0 Å². The van der Waals surface area contributed by atoms with Crippen LogP contribution in [0.4, 0.5) is 0 Å². The van der Waals surface area contributed by atoms with Gasteiger partial charge in [0.15, 0.2) is 0 Å². The van der Waals surface area contributed by atoms with Gasteiger partial charge < -0.3 is 5.32 Å². The zero-order valence-corrected chi connectivity index (χ0v) is 12.8. The lowest BCUT2D eigenvalue weighted by Crippen LogP contribution is -2.17. The summed E-state index contributed by atoms with van der Waals surface area (Å²) < 4.78 is 0. The van der Waals surface area contributed by atoms with E-state index in [-0.39, 0.29) is 0 Å². The van der Waals surface area contributed by atoms with Crippen LogP contribution in [0.15, 0.2) is 53.4 Å². The summed E-state index contributed by atoms with van der Waals surface area (Å²) in [5, 5.41) is 4.30. The molecule has 19 heavy (non-hydrogen) atoms. The van der Waals surface area contributed by atoms with Gasteiger partial charge in [-0.05, 0) is 48.6 Å². The lowest BCUT2D eigenvalue weighted by atomic mass is 10.1. The van der Waals surface area contributed by atoms with Gasteiger partial charge in [-0.15, -0.1) is 11.8 Å². The van der Waals surface area contributed by atoms with E-state index < -0.39 is 0 Å². The third-order valence-corrected chi connectivity index (χ3v) is 4.10. The summed E-state index contributed by atoms with van der Waals surface area (Å²) in [7, 11) is 0. The molecule has 0 saturated carbocycles. The van der Waals surface area contributed by atoms with Crippen molar-refractivity contribution < 1.29 is 0 Å². The van der Waals surface area contributed by atoms with Crippen LogP contribution >= 0.6 is 23.4 Å². The minimum absolute atomic E-state index is 0.329. The Morgan fingerprint density at radius 2 is 1.89 bits per heavy atom. The van der Waals surface area contributed by atoms with E-state index in [9.17, 15) is 0 Å². The first kappa shape index (κ1) is 14.4. The minimum atomic E-state index is 0.329. The van der Waals surface area contributed by atoms with Crippen LogP contribution < -0.4 is 5.32 Å². The van der Waals surface area contributed by atoms with Crippen LogP contribution in [-0.4, -0.2) is 6.26 Å². The van der Waals surface area contributed by atoms with E-state index in [0.29, 0.717) is 6.04 Å². The summed E-state index contributed by atoms with van der Waals surface area (Å²) in [5.74, 6) is 0. The number of nitrogens with one attached hydrogen (secondary N) is 1. The molecule has 0 heterocycles. The molecule has 0 aliphatic heterocycles. The Morgan fingerprint density at radius 1 is 1.16 bits per heavy atom. The predicted octanol–water partition coefficient (Wildman–Crippen LogP) is 4.91. The molecule has 1 atom stereocenters. The SMILES string of the molecule is CSc1ccc(C(C)NCc2cccc(Cl)c2)cc1. The lowest BCUT2D eigenvalue weighted by Gasteiger charge is -2.15. The number of benzene rings is 2. The molecule has 0 radical (unpaired) electrons. The molecule has 3 heteroatoms. The van der Waals surface area contributed by atoms with Gasteiger partial charge in [0.2, 0.25) is 0 Å². The maximum absolute atomic E-state index is 5.98. The van der Waals surface area contributed by atoms with Crippen molar-refractivity contribution in [2.45, 2.75) is 24.4 Å².